The van der Waals surface area contributed by atoms with Crippen molar-refractivity contribution in [1.82, 2.24) is 10.2 Å². The fourth-order valence-corrected chi connectivity index (χ4v) is 1.36. The van der Waals surface area contributed by atoms with E-state index < -0.39 is 25.0 Å². The molecule has 6 heteroatoms. The maximum absolute atomic E-state index is 12.0. The van der Waals surface area contributed by atoms with Crippen LogP contribution < -0.4 is 5.32 Å². The van der Waals surface area contributed by atoms with Gasteiger partial charge < -0.3 is 10.4 Å². The van der Waals surface area contributed by atoms with Crippen molar-refractivity contribution in [3.8, 4) is 0 Å². The lowest BCUT2D eigenvalue weighted by Gasteiger charge is -2.21. The molecule has 1 fully saturated rings. The zero-order valence-corrected chi connectivity index (χ0v) is 8.62. The van der Waals surface area contributed by atoms with Gasteiger partial charge in [-0.2, -0.15) is 0 Å². The zero-order valence-electron chi connectivity index (χ0n) is 8.62. The summed E-state index contributed by atoms with van der Waals surface area (Å²) >= 11 is 0. The van der Waals surface area contributed by atoms with Crippen molar-refractivity contribution < 1.29 is 18.7 Å². The van der Waals surface area contributed by atoms with Crippen molar-refractivity contribution in [2.24, 2.45) is 0 Å². The normalized spacial score (nSPS) is 18.5. The van der Waals surface area contributed by atoms with Gasteiger partial charge in [-0.1, -0.05) is 0 Å². The summed E-state index contributed by atoms with van der Waals surface area (Å²) in [6, 6.07) is -0.493. The molecular weight excluding hydrogens is 206 g/mol. The zero-order chi connectivity index (χ0) is 11.4. The third-order valence-electron chi connectivity index (χ3n) is 2.26. The predicted molar refractivity (Wildman–Crippen MR) is 51.1 cm³/mol. The Hall–Kier alpha value is -0.750. The first-order chi connectivity index (χ1) is 6.99. The van der Waals surface area contributed by atoms with Gasteiger partial charge in [0, 0.05) is 12.6 Å². The summed E-state index contributed by atoms with van der Waals surface area (Å²) in [6.07, 6.45) is -0.476. The van der Waals surface area contributed by atoms with Crippen molar-refractivity contribution in [1.29, 1.82) is 0 Å². The van der Waals surface area contributed by atoms with Crippen molar-refractivity contribution in [3.05, 3.63) is 0 Å². The van der Waals surface area contributed by atoms with Crippen LogP contribution in [0.2, 0.25) is 0 Å². The van der Waals surface area contributed by atoms with Crippen LogP contribution in [-0.4, -0.2) is 54.6 Å². The second-order valence-corrected chi connectivity index (χ2v) is 3.94. The molecule has 1 saturated carbocycles. The molecule has 0 aromatic rings. The van der Waals surface area contributed by atoms with Crippen LogP contribution in [0, 0.1) is 0 Å². The van der Waals surface area contributed by atoms with Crippen LogP contribution in [0.4, 0.5) is 8.78 Å². The molecule has 0 aromatic heterocycles. The molecule has 0 heterocycles. The first-order valence-electron chi connectivity index (χ1n) is 4.94. The third kappa shape index (κ3) is 5.03. The SMILES string of the molecule is CN(CC(F)F)CC(NC1CC1)C(=O)O. The highest BCUT2D eigenvalue weighted by Gasteiger charge is 2.29. The van der Waals surface area contributed by atoms with Crippen LogP contribution in [0.5, 0.6) is 0 Å². The van der Waals surface area contributed by atoms with E-state index in [9.17, 15) is 13.6 Å². The van der Waals surface area contributed by atoms with Gasteiger partial charge in [-0.3, -0.25) is 9.69 Å². The van der Waals surface area contributed by atoms with Crippen LogP contribution in [0.1, 0.15) is 12.8 Å². The van der Waals surface area contributed by atoms with Crippen LogP contribution >= 0.6 is 0 Å². The predicted octanol–water partition coefficient (Wildman–Crippen LogP) is 0.388. The molecule has 0 radical (unpaired) electrons. The number of rotatable bonds is 7. The van der Waals surface area contributed by atoms with Crippen LogP contribution in [-0.2, 0) is 4.79 Å². The summed E-state index contributed by atoms with van der Waals surface area (Å²) in [4.78, 5) is 12.1. The molecule has 2 N–H and O–H groups in total. The third-order valence-corrected chi connectivity index (χ3v) is 2.26. The van der Waals surface area contributed by atoms with Gasteiger partial charge in [0.05, 0.1) is 6.54 Å². The van der Waals surface area contributed by atoms with Gasteiger partial charge >= 0.3 is 5.97 Å². The monoisotopic (exact) mass is 222 g/mol. The maximum atomic E-state index is 12.0. The highest BCUT2D eigenvalue weighted by Crippen LogP contribution is 2.19. The Balaban J connectivity index is 2.31. The molecule has 0 amide bonds. The summed E-state index contributed by atoms with van der Waals surface area (Å²) in [5, 5.41) is 11.8. The van der Waals surface area contributed by atoms with E-state index in [-0.39, 0.29) is 12.6 Å². The Labute approximate surface area is 87.2 Å². The fraction of sp³-hybridized carbons (Fsp3) is 0.889. The lowest BCUT2D eigenvalue weighted by Crippen LogP contribution is -2.46. The van der Waals surface area contributed by atoms with E-state index in [1.165, 1.54) is 11.9 Å². The lowest BCUT2D eigenvalue weighted by atomic mass is 10.2. The number of carboxylic acid groups (broad SMARTS) is 1. The summed E-state index contributed by atoms with van der Waals surface area (Å²) in [6.45, 7) is -0.285. The van der Waals surface area contributed by atoms with Crippen molar-refractivity contribution in [2.75, 3.05) is 20.1 Å². The first-order valence-corrected chi connectivity index (χ1v) is 4.94. The molecule has 0 aliphatic heterocycles. The molecule has 1 rings (SSSR count). The number of likely N-dealkylation sites (N-methyl/N-ethyl adjacent to an activating group) is 1. The van der Waals surface area contributed by atoms with Gasteiger partial charge in [-0.05, 0) is 19.9 Å². The van der Waals surface area contributed by atoms with E-state index in [1.54, 1.807) is 0 Å². The molecule has 0 aromatic carbocycles. The molecule has 1 unspecified atom stereocenters. The highest BCUT2D eigenvalue weighted by molar-refractivity contribution is 5.73. The van der Waals surface area contributed by atoms with Crippen LogP contribution in [0.15, 0.2) is 0 Å². The number of hydrogen-bond acceptors (Lipinski definition) is 3. The molecule has 1 atom stereocenters. The summed E-state index contributed by atoms with van der Waals surface area (Å²) < 4.78 is 24.0. The van der Waals surface area contributed by atoms with Gasteiger partial charge in [-0.15, -0.1) is 0 Å². The minimum Gasteiger partial charge on any atom is -0.480 e. The van der Waals surface area contributed by atoms with Gasteiger partial charge in [0.1, 0.15) is 6.04 Å². The number of aliphatic carboxylic acids is 1. The smallest absolute Gasteiger partial charge is 0.322 e. The molecule has 1 aliphatic carbocycles. The van der Waals surface area contributed by atoms with E-state index in [2.05, 4.69) is 5.32 Å². The van der Waals surface area contributed by atoms with Gasteiger partial charge in [0.25, 0.3) is 6.43 Å². The number of hydrogen-bond donors (Lipinski definition) is 2. The number of carbonyl (C=O) groups is 1. The minimum absolute atomic E-state index is 0.107. The van der Waals surface area contributed by atoms with E-state index in [4.69, 9.17) is 5.11 Å². The molecule has 88 valence electrons. The van der Waals surface area contributed by atoms with Gasteiger partial charge in [0.15, 0.2) is 0 Å². The molecular formula is C9H16F2N2O2. The largest absolute Gasteiger partial charge is 0.480 e. The number of nitrogens with one attached hydrogen (secondary N) is 1. The maximum Gasteiger partial charge on any atom is 0.322 e. The van der Waals surface area contributed by atoms with E-state index in [0.29, 0.717) is 0 Å². The Morgan fingerprint density at radius 1 is 1.53 bits per heavy atom. The van der Waals surface area contributed by atoms with Crippen molar-refractivity contribution >= 4 is 5.97 Å². The summed E-state index contributed by atoms with van der Waals surface area (Å²) in [5.41, 5.74) is 0. The Morgan fingerprint density at radius 2 is 2.13 bits per heavy atom. The standard InChI is InChI=1S/C9H16F2N2O2/c1-13(5-8(10)11)4-7(9(14)15)12-6-2-3-6/h6-8,12H,2-5H2,1H3,(H,14,15). The van der Waals surface area contributed by atoms with E-state index in [1.807, 2.05) is 0 Å². The number of carboxylic acids is 1. The van der Waals surface area contributed by atoms with Crippen LogP contribution in [0.25, 0.3) is 0 Å². The molecule has 0 saturated heterocycles. The summed E-state index contributed by atoms with van der Waals surface area (Å²) in [7, 11) is 1.50. The quantitative estimate of drug-likeness (QED) is 0.654. The minimum atomic E-state index is -2.43. The number of alkyl halides is 2. The molecule has 15 heavy (non-hydrogen) atoms. The van der Waals surface area contributed by atoms with Gasteiger partial charge in [0.2, 0.25) is 0 Å². The Bertz CT molecular complexity index is 222. The van der Waals surface area contributed by atoms with Crippen LogP contribution in [0.3, 0.4) is 0 Å². The Kier molecular flexibility index (Phi) is 4.41. The second kappa shape index (κ2) is 5.37. The molecule has 0 spiro atoms. The second-order valence-electron chi connectivity index (χ2n) is 3.94. The Morgan fingerprint density at radius 3 is 2.53 bits per heavy atom. The lowest BCUT2D eigenvalue weighted by molar-refractivity contribution is -0.140. The molecule has 0 bridgehead atoms. The fourth-order valence-electron chi connectivity index (χ4n) is 1.36. The number of nitrogens with zero attached hydrogens (tertiary/aromatic N) is 1. The highest BCUT2D eigenvalue weighted by atomic mass is 19.3. The molecule has 4 nitrogen and oxygen atoms in total. The molecule has 1 aliphatic rings. The summed E-state index contributed by atoms with van der Waals surface area (Å²) in [5.74, 6) is -0.983. The van der Waals surface area contributed by atoms with Crippen molar-refractivity contribution in [2.45, 2.75) is 31.4 Å². The van der Waals surface area contributed by atoms with Crippen molar-refractivity contribution in [3.63, 3.8) is 0 Å². The first kappa shape index (κ1) is 12.3. The van der Waals surface area contributed by atoms with E-state index >= 15 is 0 Å². The number of halogens is 2. The topological polar surface area (TPSA) is 52.6 Å². The van der Waals surface area contributed by atoms with Gasteiger partial charge in [-0.25, -0.2) is 8.78 Å². The van der Waals surface area contributed by atoms with E-state index in [0.717, 1.165) is 12.8 Å². The average molecular weight is 222 g/mol. The average Bonchev–Trinajstić information content (AvgIpc) is 2.85.